The topological polar surface area (TPSA) is 78.9 Å². The lowest BCUT2D eigenvalue weighted by Gasteiger charge is -2.28. The van der Waals surface area contributed by atoms with Gasteiger partial charge < -0.3 is 14.2 Å². The molecule has 2 saturated carbocycles. The molecule has 0 spiro atoms. The highest BCUT2D eigenvalue weighted by molar-refractivity contribution is 5.88. The van der Waals surface area contributed by atoms with Crippen molar-refractivity contribution in [2.24, 2.45) is 23.7 Å². The van der Waals surface area contributed by atoms with Gasteiger partial charge in [0.05, 0.1) is 12.5 Å². The molecule has 0 radical (unpaired) electrons. The van der Waals surface area contributed by atoms with E-state index < -0.39 is 18.5 Å². The summed E-state index contributed by atoms with van der Waals surface area (Å²) in [5.41, 5.74) is 0.235. The number of hydrogen-bond donors (Lipinski definition) is 0. The molecular weight excluding hydrogens is 276 g/mol. The van der Waals surface area contributed by atoms with Crippen molar-refractivity contribution in [2.45, 2.75) is 25.9 Å². The number of fused-ring (bicyclic) bond motifs is 5. The van der Waals surface area contributed by atoms with Crippen LogP contribution in [0, 0.1) is 23.7 Å². The summed E-state index contributed by atoms with van der Waals surface area (Å²) >= 11 is 0. The zero-order valence-corrected chi connectivity index (χ0v) is 11.9. The van der Waals surface area contributed by atoms with Crippen molar-refractivity contribution in [3.8, 4) is 0 Å². The molecule has 0 aromatic carbocycles. The van der Waals surface area contributed by atoms with E-state index in [2.05, 4.69) is 6.58 Å². The maximum Gasteiger partial charge on any atom is 0.344 e. The van der Waals surface area contributed by atoms with E-state index in [1.54, 1.807) is 0 Å². The van der Waals surface area contributed by atoms with Gasteiger partial charge in [0.25, 0.3) is 0 Å². The minimum atomic E-state index is -0.612. The lowest BCUT2D eigenvalue weighted by atomic mass is 9.80. The van der Waals surface area contributed by atoms with Crippen molar-refractivity contribution in [2.75, 3.05) is 13.2 Å². The Morgan fingerprint density at radius 1 is 1.33 bits per heavy atom. The molecule has 3 rings (SSSR count). The molecule has 1 heterocycles. The minimum absolute atomic E-state index is 0.0517. The SMILES string of the molecule is C=C(C)C(=O)OCC(=O)OC1CC2CC1C1C(=O)OCC21. The van der Waals surface area contributed by atoms with Crippen LogP contribution in [0.3, 0.4) is 0 Å². The van der Waals surface area contributed by atoms with Gasteiger partial charge in [-0.3, -0.25) is 4.79 Å². The lowest BCUT2D eigenvalue weighted by Crippen LogP contribution is -2.36. The zero-order valence-electron chi connectivity index (χ0n) is 11.9. The average Bonchev–Trinajstić information content (AvgIpc) is 3.09. The molecule has 0 N–H and O–H groups in total. The van der Waals surface area contributed by atoms with Crippen molar-refractivity contribution in [3.05, 3.63) is 12.2 Å². The highest BCUT2D eigenvalue weighted by Crippen LogP contribution is 2.55. The van der Waals surface area contributed by atoms with Gasteiger partial charge in [0.15, 0.2) is 6.61 Å². The predicted molar refractivity (Wildman–Crippen MR) is 69.8 cm³/mol. The molecule has 114 valence electrons. The highest BCUT2D eigenvalue weighted by Gasteiger charge is 2.60. The first-order valence-corrected chi connectivity index (χ1v) is 7.16. The lowest BCUT2D eigenvalue weighted by molar-refractivity contribution is -0.164. The Hall–Kier alpha value is -1.85. The molecule has 2 bridgehead atoms. The van der Waals surface area contributed by atoms with Crippen LogP contribution in [0.5, 0.6) is 0 Å². The molecule has 5 atom stereocenters. The zero-order chi connectivity index (χ0) is 15.1. The molecule has 1 aliphatic heterocycles. The van der Waals surface area contributed by atoms with Crippen LogP contribution >= 0.6 is 0 Å². The molecule has 3 fully saturated rings. The van der Waals surface area contributed by atoms with E-state index in [1.807, 2.05) is 0 Å². The minimum Gasteiger partial charge on any atom is -0.465 e. The van der Waals surface area contributed by atoms with Crippen LogP contribution in [0.1, 0.15) is 19.8 Å². The Labute approximate surface area is 122 Å². The third-order valence-electron chi connectivity index (χ3n) is 4.76. The second-order valence-corrected chi connectivity index (χ2v) is 6.10. The second kappa shape index (κ2) is 5.16. The quantitative estimate of drug-likeness (QED) is 0.434. The first-order chi connectivity index (χ1) is 9.97. The number of esters is 3. The number of rotatable bonds is 4. The van der Waals surface area contributed by atoms with Crippen molar-refractivity contribution < 1.29 is 28.6 Å². The summed E-state index contributed by atoms with van der Waals surface area (Å²) in [6.07, 6.45) is 1.41. The standard InChI is InChI=1S/C15H18O6/c1-7(2)14(17)20-6-12(16)21-11-4-8-3-9(11)13-10(8)5-19-15(13)18/h8-11,13H,1,3-6H2,2H3. The second-order valence-electron chi connectivity index (χ2n) is 6.10. The molecular formula is C15H18O6. The van der Waals surface area contributed by atoms with E-state index >= 15 is 0 Å². The van der Waals surface area contributed by atoms with Gasteiger partial charge >= 0.3 is 17.9 Å². The third kappa shape index (κ3) is 2.43. The van der Waals surface area contributed by atoms with E-state index in [9.17, 15) is 14.4 Å². The van der Waals surface area contributed by atoms with E-state index in [-0.39, 0.29) is 29.5 Å². The van der Waals surface area contributed by atoms with E-state index in [4.69, 9.17) is 14.2 Å². The molecule has 6 nitrogen and oxygen atoms in total. The van der Waals surface area contributed by atoms with E-state index in [0.29, 0.717) is 18.4 Å². The first kappa shape index (κ1) is 14.1. The van der Waals surface area contributed by atoms with Crippen molar-refractivity contribution in [3.63, 3.8) is 0 Å². The Morgan fingerprint density at radius 2 is 2.10 bits per heavy atom. The fraction of sp³-hybridized carbons (Fsp3) is 0.667. The van der Waals surface area contributed by atoms with Gasteiger partial charge in [-0.25, -0.2) is 9.59 Å². The largest absolute Gasteiger partial charge is 0.465 e. The van der Waals surface area contributed by atoms with Gasteiger partial charge in [-0.1, -0.05) is 6.58 Å². The van der Waals surface area contributed by atoms with Crippen LogP contribution in [0.15, 0.2) is 12.2 Å². The third-order valence-corrected chi connectivity index (χ3v) is 4.76. The average molecular weight is 294 g/mol. The molecule has 1 saturated heterocycles. The van der Waals surface area contributed by atoms with Crippen LogP contribution in [-0.2, 0) is 28.6 Å². The van der Waals surface area contributed by atoms with Crippen LogP contribution in [0.25, 0.3) is 0 Å². The first-order valence-electron chi connectivity index (χ1n) is 7.16. The maximum absolute atomic E-state index is 11.7. The monoisotopic (exact) mass is 294 g/mol. The summed E-state index contributed by atoms with van der Waals surface area (Å²) in [5.74, 6) is -0.748. The Balaban J connectivity index is 1.53. The number of hydrogen-bond acceptors (Lipinski definition) is 6. The molecule has 5 unspecified atom stereocenters. The van der Waals surface area contributed by atoms with Gasteiger partial charge in [-0.15, -0.1) is 0 Å². The summed E-state index contributed by atoms with van der Waals surface area (Å²) in [6.45, 7) is 5.03. The molecule has 21 heavy (non-hydrogen) atoms. The highest BCUT2D eigenvalue weighted by atomic mass is 16.6. The normalized spacial score (nSPS) is 36.0. The van der Waals surface area contributed by atoms with Gasteiger partial charge in [-0.2, -0.15) is 0 Å². The van der Waals surface area contributed by atoms with E-state index in [0.717, 1.165) is 12.8 Å². The fourth-order valence-electron chi connectivity index (χ4n) is 3.86. The summed E-state index contributed by atoms with van der Waals surface area (Å²) in [7, 11) is 0. The number of carbonyl (C=O) groups excluding carboxylic acids is 3. The molecule has 3 aliphatic rings. The van der Waals surface area contributed by atoms with Gasteiger partial charge in [0.2, 0.25) is 0 Å². The summed E-state index contributed by atoms with van der Waals surface area (Å²) < 4.78 is 15.2. The molecule has 6 heteroatoms. The molecule has 0 amide bonds. The van der Waals surface area contributed by atoms with E-state index in [1.165, 1.54) is 6.92 Å². The Morgan fingerprint density at radius 3 is 2.81 bits per heavy atom. The molecule has 0 aromatic rings. The van der Waals surface area contributed by atoms with Crippen LogP contribution in [-0.4, -0.2) is 37.2 Å². The number of ether oxygens (including phenoxy) is 3. The van der Waals surface area contributed by atoms with Crippen LogP contribution in [0.2, 0.25) is 0 Å². The number of carbonyl (C=O) groups is 3. The van der Waals surface area contributed by atoms with Crippen LogP contribution in [0.4, 0.5) is 0 Å². The summed E-state index contributed by atoms with van der Waals surface area (Å²) in [5, 5.41) is 0. The van der Waals surface area contributed by atoms with Crippen molar-refractivity contribution in [1.82, 2.24) is 0 Å². The van der Waals surface area contributed by atoms with Crippen molar-refractivity contribution in [1.29, 1.82) is 0 Å². The van der Waals surface area contributed by atoms with Gasteiger partial charge in [0, 0.05) is 17.4 Å². The fourth-order valence-corrected chi connectivity index (χ4v) is 3.86. The van der Waals surface area contributed by atoms with Crippen molar-refractivity contribution >= 4 is 17.9 Å². The Bertz CT molecular complexity index is 510. The van der Waals surface area contributed by atoms with Gasteiger partial charge in [-0.05, 0) is 25.7 Å². The van der Waals surface area contributed by atoms with Crippen LogP contribution < -0.4 is 0 Å². The maximum atomic E-state index is 11.7. The molecule has 0 aromatic heterocycles. The van der Waals surface area contributed by atoms with Gasteiger partial charge in [0.1, 0.15) is 6.10 Å². The Kier molecular flexibility index (Phi) is 3.47. The summed E-state index contributed by atoms with van der Waals surface area (Å²) in [6, 6.07) is 0. The number of cyclic esters (lactones) is 1. The predicted octanol–water partition coefficient (Wildman–Crippen LogP) is 0.846. The smallest absolute Gasteiger partial charge is 0.344 e. The molecule has 2 aliphatic carbocycles. The summed E-state index contributed by atoms with van der Waals surface area (Å²) in [4.78, 5) is 34.7.